The number of fused-ring (bicyclic) bond motifs is 1. The summed E-state index contributed by atoms with van der Waals surface area (Å²) in [6.45, 7) is 4.64. The summed E-state index contributed by atoms with van der Waals surface area (Å²) in [5.41, 5.74) is 2.85. The Hall–Kier alpha value is -1.02. The lowest BCUT2D eigenvalue weighted by atomic mass is 9.96. The average Bonchev–Trinajstić information content (AvgIpc) is 2.87. The molecule has 2 atom stereocenters. The van der Waals surface area contributed by atoms with E-state index in [4.69, 9.17) is 0 Å². The van der Waals surface area contributed by atoms with E-state index in [2.05, 4.69) is 41.4 Å². The second-order valence-corrected chi connectivity index (χ2v) is 5.27. The van der Waals surface area contributed by atoms with Crippen molar-refractivity contribution in [3.8, 4) is 0 Å². The molecular formula is C15H22N2. The summed E-state index contributed by atoms with van der Waals surface area (Å²) in [6, 6.07) is 10.6. The Bertz CT molecular complexity index is 371. The Balaban J connectivity index is 1.81. The predicted octanol–water partition coefficient (Wildman–Crippen LogP) is 2.58. The Morgan fingerprint density at radius 3 is 2.82 bits per heavy atom. The van der Waals surface area contributed by atoms with E-state index >= 15 is 0 Å². The number of rotatable bonds is 2. The SMILES string of the molecule is CCc1ccc(N2CCCC3NCCC32)cc1. The van der Waals surface area contributed by atoms with E-state index in [0.717, 1.165) is 18.5 Å². The maximum Gasteiger partial charge on any atom is 0.0455 e. The molecule has 2 heterocycles. The van der Waals surface area contributed by atoms with Crippen LogP contribution in [0.3, 0.4) is 0 Å². The second-order valence-electron chi connectivity index (χ2n) is 5.27. The average molecular weight is 230 g/mol. The van der Waals surface area contributed by atoms with Crippen molar-refractivity contribution in [1.82, 2.24) is 5.32 Å². The summed E-state index contributed by atoms with van der Waals surface area (Å²) in [5.74, 6) is 0. The molecule has 0 spiro atoms. The number of piperidine rings is 1. The van der Waals surface area contributed by atoms with Crippen LogP contribution in [-0.2, 0) is 6.42 Å². The molecule has 1 N–H and O–H groups in total. The molecule has 0 aromatic heterocycles. The minimum atomic E-state index is 0.731. The van der Waals surface area contributed by atoms with Gasteiger partial charge in [0.05, 0.1) is 0 Å². The van der Waals surface area contributed by atoms with Crippen LogP contribution in [-0.4, -0.2) is 25.2 Å². The zero-order valence-electron chi connectivity index (χ0n) is 10.7. The van der Waals surface area contributed by atoms with Crippen LogP contribution >= 0.6 is 0 Å². The van der Waals surface area contributed by atoms with Crippen LogP contribution in [0, 0.1) is 0 Å². The fourth-order valence-corrected chi connectivity index (χ4v) is 3.31. The summed E-state index contributed by atoms with van der Waals surface area (Å²) >= 11 is 0. The third kappa shape index (κ3) is 2.06. The zero-order chi connectivity index (χ0) is 11.7. The number of hydrogen-bond acceptors (Lipinski definition) is 2. The highest BCUT2D eigenvalue weighted by Crippen LogP contribution is 2.29. The van der Waals surface area contributed by atoms with Gasteiger partial charge in [0, 0.05) is 24.3 Å². The zero-order valence-corrected chi connectivity index (χ0v) is 10.7. The maximum absolute atomic E-state index is 3.64. The molecule has 92 valence electrons. The standard InChI is InChI=1S/C15H22N2/c1-2-12-5-7-13(8-6-12)17-11-3-4-14-15(17)9-10-16-14/h5-8,14-16H,2-4,9-11H2,1H3. The smallest absolute Gasteiger partial charge is 0.0455 e. The number of benzene rings is 1. The van der Waals surface area contributed by atoms with Crippen LogP contribution in [0.2, 0.25) is 0 Å². The Labute approximate surface area is 104 Å². The Kier molecular flexibility index (Phi) is 3.06. The first-order valence-electron chi connectivity index (χ1n) is 6.97. The van der Waals surface area contributed by atoms with E-state index in [-0.39, 0.29) is 0 Å². The predicted molar refractivity (Wildman–Crippen MR) is 72.6 cm³/mol. The van der Waals surface area contributed by atoms with Crippen LogP contribution in [0.1, 0.15) is 31.7 Å². The van der Waals surface area contributed by atoms with Crippen LogP contribution in [0.25, 0.3) is 0 Å². The third-order valence-electron chi connectivity index (χ3n) is 4.30. The maximum atomic E-state index is 3.64. The topological polar surface area (TPSA) is 15.3 Å². The first-order valence-corrected chi connectivity index (χ1v) is 6.97. The molecule has 0 radical (unpaired) electrons. The van der Waals surface area contributed by atoms with E-state index in [1.54, 1.807) is 0 Å². The van der Waals surface area contributed by atoms with Gasteiger partial charge in [-0.3, -0.25) is 0 Å². The molecule has 1 aromatic rings. The van der Waals surface area contributed by atoms with E-state index in [1.165, 1.54) is 43.6 Å². The monoisotopic (exact) mass is 230 g/mol. The molecule has 2 nitrogen and oxygen atoms in total. The van der Waals surface area contributed by atoms with Gasteiger partial charge in [-0.25, -0.2) is 0 Å². The molecule has 2 saturated heterocycles. The molecule has 0 aliphatic carbocycles. The van der Waals surface area contributed by atoms with Crippen molar-refractivity contribution < 1.29 is 0 Å². The van der Waals surface area contributed by atoms with Gasteiger partial charge in [-0.05, 0) is 49.9 Å². The van der Waals surface area contributed by atoms with E-state index in [1.807, 2.05) is 0 Å². The molecule has 17 heavy (non-hydrogen) atoms. The molecular weight excluding hydrogens is 208 g/mol. The molecule has 2 unspecified atom stereocenters. The second kappa shape index (κ2) is 4.69. The van der Waals surface area contributed by atoms with Crippen LogP contribution in [0.4, 0.5) is 5.69 Å². The van der Waals surface area contributed by atoms with Gasteiger partial charge in [0.15, 0.2) is 0 Å². The molecule has 0 saturated carbocycles. The van der Waals surface area contributed by atoms with Crippen molar-refractivity contribution in [2.45, 2.75) is 44.7 Å². The number of nitrogens with one attached hydrogen (secondary N) is 1. The van der Waals surface area contributed by atoms with Crippen molar-refractivity contribution in [3.05, 3.63) is 29.8 Å². The van der Waals surface area contributed by atoms with E-state index in [0.29, 0.717) is 0 Å². The van der Waals surface area contributed by atoms with Crippen molar-refractivity contribution in [3.63, 3.8) is 0 Å². The summed E-state index contributed by atoms with van der Waals surface area (Å²) < 4.78 is 0. The number of hydrogen-bond donors (Lipinski definition) is 1. The van der Waals surface area contributed by atoms with Crippen molar-refractivity contribution in [1.29, 1.82) is 0 Å². The molecule has 1 aromatic carbocycles. The quantitative estimate of drug-likeness (QED) is 0.840. The van der Waals surface area contributed by atoms with Crippen molar-refractivity contribution in [2.75, 3.05) is 18.0 Å². The Morgan fingerprint density at radius 2 is 2.06 bits per heavy atom. The molecule has 3 rings (SSSR count). The molecule has 2 aliphatic rings. The number of anilines is 1. The lowest BCUT2D eigenvalue weighted by Gasteiger charge is -2.39. The van der Waals surface area contributed by atoms with Gasteiger partial charge in [-0.1, -0.05) is 19.1 Å². The van der Waals surface area contributed by atoms with Gasteiger partial charge < -0.3 is 10.2 Å². The highest BCUT2D eigenvalue weighted by molar-refractivity contribution is 5.49. The highest BCUT2D eigenvalue weighted by Gasteiger charge is 2.34. The van der Waals surface area contributed by atoms with Gasteiger partial charge in [-0.15, -0.1) is 0 Å². The number of nitrogens with zero attached hydrogens (tertiary/aromatic N) is 1. The summed E-state index contributed by atoms with van der Waals surface area (Å²) in [7, 11) is 0. The van der Waals surface area contributed by atoms with Crippen LogP contribution in [0.5, 0.6) is 0 Å². The lowest BCUT2D eigenvalue weighted by molar-refractivity contribution is 0.412. The molecule has 2 fully saturated rings. The molecule has 0 amide bonds. The minimum absolute atomic E-state index is 0.731. The molecule has 2 heteroatoms. The van der Waals surface area contributed by atoms with Gasteiger partial charge in [0.1, 0.15) is 0 Å². The lowest BCUT2D eigenvalue weighted by Crippen LogP contribution is -2.48. The van der Waals surface area contributed by atoms with Gasteiger partial charge >= 0.3 is 0 Å². The summed E-state index contributed by atoms with van der Waals surface area (Å²) in [5, 5.41) is 3.64. The fraction of sp³-hybridized carbons (Fsp3) is 0.600. The van der Waals surface area contributed by atoms with Crippen molar-refractivity contribution in [2.24, 2.45) is 0 Å². The van der Waals surface area contributed by atoms with E-state index < -0.39 is 0 Å². The minimum Gasteiger partial charge on any atom is -0.367 e. The first-order chi connectivity index (χ1) is 8.38. The van der Waals surface area contributed by atoms with Gasteiger partial charge in [0.25, 0.3) is 0 Å². The van der Waals surface area contributed by atoms with Gasteiger partial charge in [-0.2, -0.15) is 0 Å². The third-order valence-corrected chi connectivity index (χ3v) is 4.30. The normalized spacial score (nSPS) is 28.2. The Morgan fingerprint density at radius 1 is 1.24 bits per heavy atom. The highest BCUT2D eigenvalue weighted by atomic mass is 15.2. The van der Waals surface area contributed by atoms with Crippen LogP contribution in [0.15, 0.2) is 24.3 Å². The van der Waals surface area contributed by atoms with Crippen LogP contribution < -0.4 is 10.2 Å². The van der Waals surface area contributed by atoms with E-state index in [9.17, 15) is 0 Å². The van der Waals surface area contributed by atoms with Gasteiger partial charge in [0.2, 0.25) is 0 Å². The molecule has 2 aliphatic heterocycles. The fourth-order valence-electron chi connectivity index (χ4n) is 3.31. The first kappa shape index (κ1) is 11.1. The largest absolute Gasteiger partial charge is 0.367 e. The summed E-state index contributed by atoms with van der Waals surface area (Å²) in [6.07, 6.45) is 5.12. The summed E-state index contributed by atoms with van der Waals surface area (Å²) in [4.78, 5) is 2.62. The number of aryl methyl sites for hydroxylation is 1. The molecule has 0 bridgehead atoms. The van der Waals surface area contributed by atoms with Crippen molar-refractivity contribution >= 4 is 5.69 Å².